The van der Waals surface area contributed by atoms with E-state index in [2.05, 4.69) is 0 Å². The summed E-state index contributed by atoms with van der Waals surface area (Å²) in [6, 6.07) is 0. The number of hydrogen-bond acceptors (Lipinski definition) is 5. The van der Waals surface area contributed by atoms with Crippen LogP contribution in [0.4, 0.5) is 0 Å². The number of aliphatic hydroxyl groups excluding tert-OH is 2. The molecule has 5 nitrogen and oxygen atoms in total. The van der Waals surface area contributed by atoms with Gasteiger partial charge in [0.25, 0.3) is 0 Å². The molecule has 2 atom stereocenters. The monoisotopic (exact) mass is 192 g/mol. The van der Waals surface area contributed by atoms with Crippen LogP contribution in [0.5, 0.6) is 0 Å². The van der Waals surface area contributed by atoms with Crippen LogP contribution in [0.15, 0.2) is 0 Å². The fourth-order valence-corrected chi connectivity index (χ4v) is 1.88. The summed E-state index contributed by atoms with van der Waals surface area (Å²) in [5.74, 6) is -2.98. The molecule has 2 unspecified atom stereocenters. The minimum absolute atomic E-state index is 0.0144. The van der Waals surface area contributed by atoms with Crippen molar-refractivity contribution >= 4 is 0 Å². The highest BCUT2D eigenvalue weighted by Gasteiger charge is 2.55. The van der Waals surface area contributed by atoms with Crippen molar-refractivity contribution < 1.29 is 25.5 Å². The molecule has 0 radical (unpaired) electrons. The molecule has 78 valence electrons. The molecular formula is C8H16O5. The van der Waals surface area contributed by atoms with Crippen molar-refractivity contribution in [1.29, 1.82) is 0 Å². The van der Waals surface area contributed by atoms with Gasteiger partial charge in [-0.1, -0.05) is 0 Å². The smallest absolute Gasteiger partial charge is 0.195 e. The molecular weight excluding hydrogens is 176 g/mol. The summed E-state index contributed by atoms with van der Waals surface area (Å²) in [4.78, 5) is 0. The minimum atomic E-state index is -2.30. The molecule has 0 spiro atoms. The molecule has 0 amide bonds. The van der Waals surface area contributed by atoms with E-state index in [1.54, 1.807) is 0 Å². The van der Waals surface area contributed by atoms with Crippen molar-refractivity contribution in [2.75, 3.05) is 13.2 Å². The summed E-state index contributed by atoms with van der Waals surface area (Å²) in [5, 5.41) is 46.4. The first-order chi connectivity index (χ1) is 5.98. The van der Waals surface area contributed by atoms with Crippen molar-refractivity contribution in [3.63, 3.8) is 0 Å². The van der Waals surface area contributed by atoms with E-state index in [0.29, 0.717) is 12.8 Å². The summed E-state index contributed by atoms with van der Waals surface area (Å²) in [6.45, 7) is -1.12. The van der Waals surface area contributed by atoms with Crippen molar-refractivity contribution in [1.82, 2.24) is 0 Å². The van der Waals surface area contributed by atoms with Gasteiger partial charge in [0.2, 0.25) is 0 Å². The first-order valence-corrected chi connectivity index (χ1v) is 4.37. The second-order valence-electron chi connectivity index (χ2n) is 3.67. The average Bonchev–Trinajstić information content (AvgIpc) is 2.09. The van der Waals surface area contributed by atoms with Gasteiger partial charge in [0.15, 0.2) is 5.79 Å². The van der Waals surface area contributed by atoms with Crippen LogP contribution in [0.3, 0.4) is 0 Å². The maximum absolute atomic E-state index is 9.76. The third kappa shape index (κ3) is 1.58. The second kappa shape index (κ2) is 3.51. The number of aliphatic hydroxyl groups is 5. The van der Waals surface area contributed by atoms with Gasteiger partial charge >= 0.3 is 0 Å². The molecule has 0 aromatic rings. The molecule has 0 aliphatic heterocycles. The van der Waals surface area contributed by atoms with Crippen molar-refractivity contribution in [3.8, 4) is 0 Å². The molecule has 1 fully saturated rings. The fourth-order valence-electron chi connectivity index (χ4n) is 1.88. The highest BCUT2D eigenvalue weighted by atomic mass is 16.5. The van der Waals surface area contributed by atoms with Gasteiger partial charge in [-0.25, -0.2) is 0 Å². The van der Waals surface area contributed by atoms with Crippen LogP contribution in [0.1, 0.15) is 19.3 Å². The Morgan fingerprint density at radius 3 is 2.15 bits per heavy atom. The zero-order chi connectivity index (χ0) is 10.1. The predicted molar refractivity (Wildman–Crippen MR) is 43.6 cm³/mol. The molecule has 1 rings (SSSR count). The number of hydrogen-bond donors (Lipinski definition) is 5. The van der Waals surface area contributed by atoms with Gasteiger partial charge in [-0.05, 0) is 12.8 Å². The quantitative estimate of drug-likeness (QED) is 0.332. The Morgan fingerprint density at radius 2 is 1.77 bits per heavy atom. The molecule has 0 saturated heterocycles. The van der Waals surface area contributed by atoms with E-state index in [1.165, 1.54) is 0 Å². The molecule has 0 bridgehead atoms. The van der Waals surface area contributed by atoms with Crippen LogP contribution in [0, 0.1) is 5.92 Å². The third-order valence-electron chi connectivity index (χ3n) is 2.91. The Hall–Kier alpha value is -0.200. The van der Waals surface area contributed by atoms with E-state index >= 15 is 0 Å². The molecule has 0 heterocycles. The molecule has 13 heavy (non-hydrogen) atoms. The van der Waals surface area contributed by atoms with Gasteiger partial charge in [0.1, 0.15) is 5.60 Å². The lowest BCUT2D eigenvalue weighted by molar-refractivity contribution is -0.320. The normalized spacial score (nSPS) is 39.0. The van der Waals surface area contributed by atoms with Gasteiger partial charge in [-0.3, -0.25) is 0 Å². The van der Waals surface area contributed by atoms with Gasteiger partial charge in [0.05, 0.1) is 6.61 Å². The van der Waals surface area contributed by atoms with E-state index in [0.717, 1.165) is 0 Å². The molecule has 1 aliphatic rings. The van der Waals surface area contributed by atoms with E-state index in [-0.39, 0.29) is 13.0 Å². The van der Waals surface area contributed by atoms with E-state index < -0.39 is 23.9 Å². The molecule has 0 aromatic heterocycles. The van der Waals surface area contributed by atoms with Crippen LogP contribution >= 0.6 is 0 Å². The maximum atomic E-state index is 9.76. The lowest BCUT2D eigenvalue weighted by atomic mass is 9.72. The van der Waals surface area contributed by atoms with E-state index in [1.807, 2.05) is 0 Å². The van der Waals surface area contributed by atoms with Gasteiger partial charge < -0.3 is 25.5 Å². The van der Waals surface area contributed by atoms with Crippen LogP contribution in [-0.4, -0.2) is 50.1 Å². The predicted octanol–water partition coefficient (Wildman–Crippen LogP) is -1.82. The highest BCUT2D eigenvalue weighted by Crippen LogP contribution is 2.39. The summed E-state index contributed by atoms with van der Waals surface area (Å²) in [5.41, 5.74) is -2.00. The summed E-state index contributed by atoms with van der Waals surface area (Å²) in [6.07, 6.45) is 1.01. The first-order valence-electron chi connectivity index (χ1n) is 4.37. The lowest BCUT2D eigenvalue weighted by Gasteiger charge is -2.46. The minimum Gasteiger partial charge on any atom is -0.396 e. The highest BCUT2D eigenvalue weighted by molar-refractivity contribution is 5.00. The molecule has 5 heteroatoms. The van der Waals surface area contributed by atoms with Crippen LogP contribution < -0.4 is 0 Å². The van der Waals surface area contributed by atoms with Crippen molar-refractivity contribution in [2.24, 2.45) is 5.92 Å². The second-order valence-corrected chi connectivity index (χ2v) is 3.67. The SMILES string of the molecule is OCC1CCCC(O)(O)C1(O)CO. The van der Waals surface area contributed by atoms with Crippen molar-refractivity contribution in [2.45, 2.75) is 30.7 Å². The largest absolute Gasteiger partial charge is 0.396 e. The van der Waals surface area contributed by atoms with Crippen LogP contribution in [0.2, 0.25) is 0 Å². The van der Waals surface area contributed by atoms with Crippen LogP contribution in [0.25, 0.3) is 0 Å². The zero-order valence-electron chi connectivity index (χ0n) is 7.35. The molecule has 5 N–H and O–H groups in total. The lowest BCUT2D eigenvalue weighted by Crippen LogP contribution is -2.64. The zero-order valence-corrected chi connectivity index (χ0v) is 7.35. The Bertz CT molecular complexity index is 181. The van der Waals surface area contributed by atoms with Gasteiger partial charge in [-0.2, -0.15) is 0 Å². The van der Waals surface area contributed by atoms with Gasteiger partial charge in [0, 0.05) is 18.9 Å². The summed E-state index contributed by atoms with van der Waals surface area (Å²) in [7, 11) is 0. The maximum Gasteiger partial charge on any atom is 0.195 e. The molecule has 1 saturated carbocycles. The topological polar surface area (TPSA) is 101 Å². The standard InChI is InChI=1S/C8H16O5/c9-4-6-2-1-3-8(12,13)7(6,11)5-10/h6,9-13H,1-5H2. The van der Waals surface area contributed by atoms with E-state index in [9.17, 15) is 15.3 Å². The first kappa shape index (κ1) is 10.9. The summed E-state index contributed by atoms with van der Waals surface area (Å²) < 4.78 is 0. The molecule has 1 aliphatic carbocycles. The number of rotatable bonds is 2. The van der Waals surface area contributed by atoms with Crippen LogP contribution in [-0.2, 0) is 0 Å². The fraction of sp³-hybridized carbons (Fsp3) is 1.00. The Labute approximate surface area is 76.3 Å². The van der Waals surface area contributed by atoms with Crippen molar-refractivity contribution in [3.05, 3.63) is 0 Å². The summed E-state index contributed by atoms with van der Waals surface area (Å²) >= 11 is 0. The Balaban J connectivity index is 2.90. The molecule has 0 aromatic carbocycles. The third-order valence-corrected chi connectivity index (χ3v) is 2.91. The van der Waals surface area contributed by atoms with Gasteiger partial charge in [-0.15, -0.1) is 0 Å². The Morgan fingerprint density at radius 1 is 1.15 bits per heavy atom. The Kier molecular flexibility index (Phi) is 2.94. The average molecular weight is 192 g/mol. The van der Waals surface area contributed by atoms with E-state index in [4.69, 9.17) is 10.2 Å².